The topological polar surface area (TPSA) is 38.0 Å². The molecule has 5 heteroatoms. The van der Waals surface area contributed by atoms with Crippen LogP contribution in [0.3, 0.4) is 0 Å². The SMILES string of the molecule is Cl.Cl.NNCCc1ccc(F)cc1. The summed E-state index contributed by atoms with van der Waals surface area (Å²) in [6.45, 7) is 0.714. The van der Waals surface area contributed by atoms with Crippen LogP contribution in [0.2, 0.25) is 0 Å². The van der Waals surface area contributed by atoms with E-state index in [1.807, 2.05) is 0 Å². The molecule has 0 aliphatic rings. The van der Waals surface area contributed by atoms with Gasteiger partial charge in [-0.1, -0.05) is 12.1 Å². The first kappa shape index (κ1) is 15.1. The van der Waals surface area contributed by atoms with Gasteiger partial charge in [0.1, 0.15) is 5.82 Å². The first-order chi connectivity index (χ1) is 5.33. The van der Waals surface area contributed by atoms with Crippen LogP contribution in [0.4, 0.5) is 4.39 Å². The minimum absolute atomic E-state index is 0. The van der Waals surface area contributed by atoms with Gasteiger partial charge >= 0.3 is 0 Å². The Balaban J connectivity index is 0. The van der Waals surface area contributed by atoms with Crippen molar-refractivity contribution in [3.05, 3.63) is 35.6 Å². The molecule has 0 atom stereocenters. The number of nitrogens with one attached hydrogen (secondary N) is 1. The van der Waals surface area contributed by atoms with Crippen molar-refractivity contribution in [2.45, 2.75) is 6.42 Å². The van der Waals surface area contributed by atoms with Crippen LogP contribution in [0.5, 0.6) is 0 Å². The molecule has 1 aromatic rings. The molecule has 0 spiro atoms. The third-order valence-corrected chi connectivity index (χ3v) is 1.47. The maximum Gasteiger partial charge on any atom is 0.123 e. The monoisotopic (exact) mass is 226 g/mol. The Morgan fingerprint density at radius 2 is 1.69 bits per heavy atom. The zero-order valence-corrected chi connectivity index (χ0v) is 8.63. The summed E-state index contributed by atoms with van der Waals surface area (Å²) in [5.74, 6) is 4.88. The first-order valence-corrected chi connectivity index (χ1v) is 3.51. The second-order valence-corrected chi connectivity index (χ2v) is 2.33. The number of rotatable bonds is 3. The third kappa shape index (κ3) is 5.82. The maximum atomic E-state index is 12.4. The molecule has 1 aromatic carbocycles. The quantitative estimate of drug-likeness (QED) is 0.609. The van der Waals surface area contributed by atoms with Crippen LogP contribution in [-0.2, 0) is 6.42 Å². The molecule has 0 radical (unpaired) electrons. The minimum Gasteiger partial charge on any atom is -0.271 e. The lowest BCUT2D eigenvalue weighted by Gasteiger charge is -1.98. The van der Waals surface area contributed by atoms with Crippen LogP contribution in [0, 0.1) is 5.82 Å². The van der Waals surface area contributed by atoms with Crippen molar-refractivity contribution in [3.8, 4) is 0 Å². The Kier molecular flexibility index (Phi) is 9.61. The second-order valence-electron chi connectivity index (χ2n) is 2.33. The van der Waals surface area contributed by atoms with Gasteiger partial charge in [0, 0.05) is 6.54 Å². The molecular formula is C8H13Cl2FN2. The highest BCUT2D eigenvalue weighted by Crippen LogP contribution is 2.02. The molecule has 0 aromatic heterocycles. The molecule has 0 aliphatic carbocycles. The number of halogens is 3. The van der Waals surface area contributed by atoms with Crippen molar-refractivity contribution in [1.82, 2.24) is 5.43 Å². The zero-order chi connectivity index (χ0) is 8.10. The maximum absolute atomic E-state index is 12.4. The molecule has 3 N–H and O–H groups in total. The van der Waals surface area contributed by atoms with Crippen molar-refractivity contribution >= 4 is 24.8 Å². The molecule has 1 rings (SSSR count). The lowest BCUT2D eigenvalue weighted by molar-refractivity contribution is 0.626. The van der Waals surface area contributed by atoms with Crippen LogP contribution in [0.25, 0.3) is 0 Å². The second kappa shape index (κ2) is 8.26. The van der Waals surface area contributed by atoms with Crippen LogP contribution in [-0.4, -0.2) is 6.54 Å². The fourth-order valence-corrected chi connectivity index (χ4v) is 0.868. The molecule has 13 heavy (non-hydrogen) atoms. The lowest BCUT2D eigenvalue weighted by Crippen LogP contribution is -2.24. The zero-order valence-electron chi connectivity index (χ0n) is 7.00. The largest absolute Gasteiger partial charge is 0.271 e. The van der Waals surface area contributed by atoms with Crippen molar-refractivity contribution in [3.63, 3.8) is 0 Å². The van der Waals surface area contributed by atoms with Gasteiger partial charge in [-0.3, -0.25) is 11.3 Å². The summed E-state index contributed by atoms with van der Waals surface area (Å²) in [4.78, 5) is 0. The van der Waals surface area contributed by atoms with Gasteiger partial charge in [-0.25, -0.2) is 4.39 Å². The number of hydrogen-bond acceptors (Lipinski definition) is 2. The minimum atomic E-state index is -0.200. The third-order valence-electron chi connectivity index (χ3n) is 1.47. The van der Waals surface area contributed by atoms with Gasteiger partial charge in [0.05, 0.1) is 0 Å². The lowest BCUT2D eigenvalue weighted by atomic mass is 10.1. The molecule has 0 amide bonds. The average molecular weight is 227 g/mol. The Morgan fingerprint density at radius 1 is 1.15 bits per heavy atom. The van der Waals surface area contributed by atoms with E-state index in [1.54, 1.807) is 12.1 Å². The molecule has 0 unspecified atom stereocenters. The molecular weight excluding hydrogens is 214 g/mol. The van der Waals surface area contributed by atoms with Crippen LogP contribution < -0.4 is 11.3 Å². The molecule has 0 bridgehead atoms. The van der Waals surface area contributed by atoms with Gasteiger partial charge in [-0.05, 0) is 24.1 Å². The van der Waals surface area contributed by atoms with Crippen LogP contribution in [0.1, 0.15) is 5.56 Å². The Bertz CT molecular complexity index is 216. The number of hydrazine groups is 1. The van der Waals surface area contributed by atoms with E-state index in [1.165, 1.54) is 12.1 Å². The molecule has 0 fully saturated rings. The molecule has 0 saturated carbocycles. The summed E-state index contributed by atoms with van der Waals surface area (Å²) in [6.07, 6.45) is 0.830. The summed E-state index contributed by atoms with van der Waals surface area (Å²) in [6, 6.07) is 6.41. The number of benzene rings is 1. The highest BCUT2D eigenvalue weighted by Gasteiger charge is 1.91. The number of hydrogen-bond donors (Lipinski definition) is 2. The Labute approximate surface area is 89.5 Å². The van der Waals surface area contributed by atoms with Gasteiger partial charge in [0.15, 0.2) is 0 Å². The highest BCUT2D eigenvalue weighted by molar-refractivity contribution is 5.85. The van der Waals surface area contributed by atoms with Gasteiger partial charge in [-0.2, -0.15) is 0 Å². The normalized spacial score (nSPS) is 8.46. The molecule has 76 valence electrons. The number of nitrogens with two attached hydrogens (primary N) is 1. The van der Waals surface area contributed by atoms with Crippen molar-refractivity contribution in [2.24, 2.45) is 5.84 Å². The van der Waals surface area contributed by atoms with Crippen molar-refractivity contribution in [1.29, 1.82) is 0 Å². The predicted molar refractivity (Wildman–Crippen MR) is 56.8 cm³/mol. The molecule has 0 saturated heterocycles. The summed E-state index contributed by atoms with van der Waals surface area (Å²) < 4.78 is 12.4. The van der Waals surface area contributed by atoms with Crippen LogP contribution in [0.15, 0.2) is 24.3 Å². The predicted octanol–water partition coefficient (Wildman–Crippen LogP) is 1.68. The van der Waals surface area contributed by atoms with E-state index in [4.69, 9.17) is 5.84 Å². The molecule has 0 heterocycles. The average Bonchev–Trinajstić information content (AvgIpc) is 2.04. The van der Waals surface area contributed by atoms with E-state index >= 15 is 0 Å². The Morgan fingerprint density at radius 3 is 2.15 bits per heavy atom. The summed E-state index contributed by atoms with van der Waals surface area (Å²) in [5.41, 5.74) is 3.62. The molecule has 2 nitrogen and oxygen atoms in total. The van der Waals surface area contributed by atoms with E-state index in [2.05, 4.69) is 5.43 Å². The van der Waals surface area contributed by atoms with Gasteiger partial charge in [0.25, 0.3) is 0 Å². The standard InChI is InChI=1S/C8H11FN2.2ClH/c9-8-3-1-7(2-4-8)5-6-11-10;;/h1-4,11H,5-6,10H2;2*1H. The van der Waals surface area contributed by atoms with Gasteiger partial charge in [-0.15, -0.1) is 24.8 Å². The fraction of sp³-hybridized carbons (Fsp3) is 0.250. The highest BCUT2D eigenvalue weighted by atomic mass is 35.5. The summed E-state index contributed by atoms with van der Waals surface area (Å²) in [7, 11) is 0. The van der Waals surface area contributed by atoms with Gasteiger partial charge in [0.2, 0.25) is 0 Å². The summed E-state index contributed by atoms with van der Waals surface area (Å²) in [5, 5.41) is 0. The van der Waals surface area contributed by atoms with Gasteiger partial charge < -0.3 is 0 Å². The Hall–Kier alpha value is -0.350. The van der Waals surface area contributed by atoms with E-state index < -0.39 is 0 Å². The fourth-order valence-electron chi connectivity index (χ4n) is 0.868. The van der Waals surface area contributed by atoms with E-state index in [9.17, 15) is 4.39 Å². The van der Waals surface area contributed by atoms with Crippen molar-refractivity contribution in [2.75, 3.05) is 6.54 Å². The summed E-state index contributed by atoms with van der Waals surface area (Å²) >= 11 is 0. The van der Waals surface area contributed by atoms with E-state index in [-0.39, 0.29) is 30.6 Å². The molecule has 0 aliphatic heterocycles. The van der Waals surface area contributed by atoms with Crippen molar-refractivity contribution < 1.29 is 4.39 Å². The van der Waals surface area contributed by atoms with Crippen LogP contribution >= 0.6 is 24.8 Å². The van der Waals surface area contributed by atoms with E-state index in [0.717, 1.165) is 12.0 Å². The van der Waals surface area contributed by atoms with E-state index in [0.29, 0.717) is 6.54 Å². The first-order valence-electron chi connectivity index (χ1n) is 3.51. The smallest absolute Gasteiger partial charge is 0.123 e.